The molecule has 1 N–H and O–H groups in total. The fourth-order valence-electron chi connectivity index (χ4n) is 3.47. The zero-order valence-electron chi connectivity index (χ0n) is 18.0. The molecule has 0 radical (unpaired) electrons. The van der Waals surface area contributed by atoms with Crippen molar-refractivity contribution in [3.8, 4) is 17.2 Å². The van der Waals surface area contributed by atoms with Gasteiger partial charge in [0.1, 0.15) is 28.6 Å². The molecule has 4 aromatic rings. The van der Waals surface area contributed by atoms with Crippen LogP contribution in [0.4, 0.5) is 10.1 Å². The lowest BCUT2D eigenvalue weighted by molar-refractivity contribution is -0.116. The Balaban J connectivity index is 1.76. The minimum absolute atomic E-state index is 0.227. The second kappa shape index (κ2) is 8.91. The van der Waals surface area contributed by atoms with Gasteiger partial charge in [0, 0.05) is 6.07 Å². The Morgan fingerprint density at radius 2 is 1.88 bits per heavy atom. The highest BCUT2D eigenvalue weighted by molar-refractivity contribution is 7.17. The van der Waals surface area contributed by atoms with Crippen LogP contribution in [0.2, 0.25) is 0 Å². The van der Waals surface area contributed by atoms with Gasteiger partial charge in [0.2, 0.25) is 5.91 Å². The van der Waals surface area contributed by atoms with E-state index in [0.29, 0.717) is 33.0 Å². The van der Waals surface area contributed by atoms with E-state index in [1.807, 2.05) is 0 Å². The van der Waals surface area contributed by atoms with E-state index < -0.39 is 23.0 Å². The molecule has 170 valence electrons. The molecule has 0 aliphatic rings. The first-order chi connectivity index (χ1) is 15.8. The van der Waals surface area contributed by atoms with E-state index >= 15 is 0 Å². The summed E-state index contributed by atoms with van der Waals surface area (Å²) < 4.78 is 26.7. The summed E-state index contributed by atoms with van der Waals surface area (Å²) in [7, 11) is 2.98. The third kappa shape index (κ3) is 4.12. The van der Waals surface area contributed by atoms with Crippen molar-refractivity contribution in [3.63, 3.8) is 0 Å². The van der Waals surface area contributed by atoms with Crippen LogP contribution in [0, 0.1) is 12.7 Å². The highest BCUT2D eigenvalue weighted by Gasteiger charge is 2.19. The van der Waals surface area contributed by atoms with Crippen LogP contribution in [0.1, 0.15) is 5.56 Å². The smallest absolute Gasteiger partial charge is 0.336 e. The molecular formula is C23H20FN3O5S. The Morgan fingerprint density at radius 1 is 1.09 bits per heavy atom. The molecule has 1 amide bonds. The molecule has 0 spiro atoms. The van der Waals surface area contributed by atoms with Crippen molar-refractivity contribution in [2.45, 2.75) is 13.5 Å². The number of nitrogens with zero attached hydrogens (tertiary/aromatic N) is 2. The van der Waals surface area contributed by atoms with Crippen molar-refractivity contribution in [3.05, 3.63) is 80.1 Å². The van der Waals surface area contributed by atoms with Crippen LogP contribution >= 0.6 is 11.3 Å². The number of thiophene rings is 1. The summed E-state index contributed by atoms with van der Waals surface area (Å²) in [6.45, 7) is 1.20. The maximum atomic E-state index is 13.7. The molecular weight excluding hydrogens is 449 g/mol. The Labute approximate surface area is 191 Å². The number of hydrogen-bond acceptors (Lipinski definition) is 6. The largest absolute Gasteiger partial charge is 0.497 e. The second-order valence-corrected chi connectivity index (χ2v) is 8.11. The van der Waals surface area contributed by atoms with E-state index in [1.165, 1.54) is 37.0 Å². The summed E-state index contributed by atoms with van der Waals surface area (Å²) in [5.74, 6) is 0.0101. The van der Waals surface area contributed by atoms with Gasteiger partial charge in [-0.05, 0) is 54.3 Å². The van der Waals surface area contributed by atoms with Crippen LogP contribution in [0.15, 0.2) is 57.4 Å². The average molecular weight is 469 g/mol. The monoisotopic (exact) mass is 469 g/mol. The van der Waals surface area contributed by atoms with Gasteiger partial charge in [-0.15, -0.1) is 11.3 Å². The van der Waals surface area contributed by atoms with Crippen LogP contribution in [-0.4, -0.2) is 29.3 Å². The van der Waals surface area contributed by atoms with E-state index in [4.69, 9.17) is 9.47 Å². The molecule has 0 saturated heterocycles. The number of aryl methyl sites for hydroxylation is 1. The number of anilines is 1. The second-order valence-electron chi connectivity index (χ2n) is 7.19. The van der Waals surface area contributed by atoms with Crippen molar-refractivity contribution in [1.29, 1.82) is 0 Å². The van der Waals surface area contributed by atoms with Crippen LogP contribution in [0.3, 0.4) is 0 Å². The molecule has 33 heavy (non-hydrogen) atoms. The zero-order valence-corrected chi connectivity index (χ0v) is 18.9. The Kier molecular flexibility index (Phi) is 6.01. The first kappa shape index (κ1) is 22.3. The molecule has 0 fully saturated rings. The van der Waals surface area contributed by atoms with Crippen molar-refractivity contribution in [2.75, 3.05) is 19.5 Å². The molecule has 0 aliphatic carbocycles. The number of rotatable bonds is 6. The Morgan fingerprint density at radius 3 is 2.58 bits per heavy atom. The van der Waals surface area contributed by atoms with E-state index in [1.54, 1.807) is 36.6 Å². The number of halogens is 1. The number of hydrogen-bond donors (Lipinski definition) is 1. The van der Waals surface area contributed by atoms with Crippen molar-refractivity contribution in [2.24, 2.45) is 0 Å². The van der Waals surface area contributed by atoms with Gasteiger partial charge < -0.3 is 14.8 Å². The molecule has 2 heterocycles. The number of methoxy groups -OCH3 is 2. The quantitative estimate of drug-likeness (QED) is 0.468. The molecule has 0 saturated carbocycles. The first-order valence-corrected chi connectivity index (χ1v) is 10.7. The Hall–Kier alpha value is -3.92. The van der Waals surface area contributed by atoms with Crippen LogP contribution in [-0.2, 0) is 11.3 Å². The van der Waals surface area contributed by atoms with Gasteiger partial charge in [-0.2, -0.15) is 0 Å². The topological polar surface area (TPSA) is 91.6 Å². The summed E-state index contributed by atoms with van der Waals surface area (Å²) in [5.41, 5.74) is 0.0479. The number of amides is 1. The molecule has 0 unspecified atom stereocenters. The number of carbonyl (C=O) groups is 1. The number of aromatic nitrogens is 2. The van der Waals surface area contributed by atoms with Crippen molar-refractivity contribution < 1.29 is 18.7 Å². The van der Waals surface area contributed by atoms with Gasteiger partial charge in [-0.3, -0.25) is 14.2 Å². The maximum Gasteiger partial charge on any atom is 0.336 e. The van der Waals surface area contributed by atoms with Gasteiger partial charge >= 0.3 is 5.69 Å². The third-order valence-electron chi connectivity index (χ3n) is 5.14. The third-order valence-corrected chi connectivity index (χ3v) is 6.03. The van der Waals surface area contributed by atoms with Crippen molar-refractivity contribution in [1.82, 2.24) is 9.13 Å². The van der Waals surface area contributed by atoms with Crippen molar-refractivity contribution >= 4 is 33.1 Å². The van der Waals surface area contributed by atoms with E-state index in [-0.39, 0.29) is 12.2 Å². The van der Waals surface area contributed by atoms with Gasteiger partial charge in [0.15, 0.2) is 0 Å². The fourth-order valence-corrected chi connectivity index (χ4v) is 4.29. The molecule has 0 aliphatic heterocycles. The fraction of sp³-hybridized carbons (Fsp3) is 0.174. The molecule has 10 heteroatoms. The summed E-state index contributed by atoms with van der Waals surface area (Å²) in [5, 5.41) is 4.40. The standard InChI is InChI=1S/C23H20FN3O5S/c1-13-10-14(4-6-16(13)24)27-22(29)21-18(8-9-33-21)26(23(27)30)12-20(28)25-17-7-5-15(31-2)11-19(17)32-3/h4-11H,12H2,1-3H3,(H,25,28). The minimum atomic E-state index is -0.700. The van der Waals surface area contributed by atoms with Gasteiger partial charge in [0.05, 0.1) is 31.1 Å². The lowest BCUT2D eigenvalue weighted by atomic mass is 10.2. The molecule has 2 aromatic carbocycles. The molecule has 0 atom stereocenters. The van der Waals surface area contributed by atoms with Gasteiger partial charge in [-0.25, -0.2) is 13.8 Å². The predicted octanol–water partition coefficient (Wildman–Crippen LogP) is 3.32. The number of ether oxygens (including phenoxy) is 2. The van der Waals surface area contributed by atoms with E-state index in [2.05, 4.69) is 5.32 Å². The van der Waals surface area contributed by atoms with E-state index in [0.717, 1.165) is 15.9 Å². The van der Waals surface area contributed by atoms with Gasteiger partial charge in [0.25, 0.3) is 5.56 Å². The van der Waals surface area contributed by atoms with Gasteiger partial charge in [-0.1, -0.05) is 0 Å². The lowest BCUT2D eigenvalue weighted by Crippen LogP contribution is -2.40. The summed E-state index contributed by atoms with van der Waals surface area (Å²) in [6.07, 6.45) is 0. The zero-order chi connectivity index (χ0) is 23.7. The Bertz CT molecular complexity index is 1490. The first-order valence-electron chi connectivity index (χ1n) is 9.85. The molecule has 0 bridgehead atoms. The summed E-state index contributed by atoms with van der Waals surface area (Å²) in [4.78, 5) is 39.2. The highest BCUT2D eigenvalue weighted by atomic mass is 32.1. The SMILES string of the molecule is COc1ccc(NC(=O)Cn2c(=O)n(-c3ccc(F)c(C)c3)c(=O)c3sccc32)c(OC)c1. The minimum Gasteiger partial charge on any atom is -0.497 e. The number of fused-ring (bicyclic) bond motifs is 1. The normalized spacial score (nSPS) is 10.9. The highest BCUT2D eigenvalue weighted by Crippen LogP contribution is 2.29. The average Bonchev–Trinajstić information content (AvgIpc) is 3.29. The van der Waals surface area contributed by atoms with Crippen LogP contribution in [0.5, 0.6) is 11.5 Å². The summed E-state index contributed by atoms with van der Waals surface area (Å²) >= 11 is 1.16. The van der Waals surface area contributed by atoms with Crippen LogP contribution in [0.25, 0.3) is 15.9 Å². The lowest BCUT2D eigenvalue weighted by Gasteiger charge is -2.14. The predicted molar refractivity (Wildman–Crippen MR) is 125 cm³/mol. The molecule has 8 nitrogen and oxygen atoms in total. The number of nitrogens with one attached hydrogen (secondary N) is 1. The molecule has 2 aromatic heterocycles. The molecule has 4 rings (SSSR count). The maximum absolute atomic E-state index is 13.7. The summed E-state index contributed by atoms with van der Waals surface area (Å²) in [6, 6.07) is 10.5. The van der Waals surface area contributed by atoms with E-state index in [9.17, 15) is 18.8 Å². The number of carbonyl (C=O) groups excluding carboxylic acids is 1. The number of benzene rings is 2. The van der Waals surface area contributed by atoms with Crippen LogP contribution < -0.4 is 26.0 Å².